The van der Waals surface area contributed by atoms with E-state index in [9.17, 15) is 12.8 Å². The van der Waals surface area contributed by atoms with E-state index in [1.807, 2.05) is 6.07 Å². The lowest BCUT2D eigenvalue weighted by atomic mass is 10.1. The van der Waals surface area contributed by atoms with Crippen LogP contribution in [0.5, 0.6) is 0 Å². The standard InChI is InChI=1S/C14H8Cl2FNO2S/c15-13-4-3-12(6-14(13)16)21(19,20)8-10-5-11(17)2-1-9(10)7-18/h1-6H,8H2. The van der Waals surface area contributed by atoms with Crippen LogP contribution < -0.4 is 0 Å². The summed E-state index contributed by atoms with van der Waals surface area (Å²) in [6, 6.07) is 9.13. The van der Waals surface area contributed by atoms with Crippen molar-refractivity contribution < 1.29 is 12.8 Å². The molecule has 0 fully saturated rings. The molecule has 0 saturated heterocycles. The molecule has 0 atom stereocenters. The van der Waals surface area contributed by atoms with Crippen molar-refractivity contribution in [3.63, 3.8) is 0 Å². The van der Waals surface area contributed by atoms with Gasteiger partial charge in [0.1, 0.15) is 5.82 Å². The molecule has 0 aliphatic carbocycles. The molecule has 3 nitrogen and oxygen atoms in total. The molecular formula is C14H8Cl2FNO2S. The molecule has 0 spiro atoms. The van der Waals surface area contributed by atoms with Crippen molar-refractivity contribution >= 4 is 33.0 Å². The van der Waals surface area contributed by atoms with Gasteiger partial charge in [-0.15, -0.1) is 0 Å². The van der Waals surface area contributed by atoms with Crippen LogP contribution in [0.4, 0.5) is 4.39 Å². The molecule has 7 heteroatoms. The Bertz CT molecular complexity index is 845. The summed E-state index contributed by atoms with van der Waals surface area (Å²) in [5.74, 6) is -1.10. The first-order chi connectivity index (χ1) is 9.83. The van der Waals surface area contributed by atoms with E-state index in [1.165, 1.54) is 24.3 Å². The summed E-state index contributed by atoms with van der Waals surface area (Å²) in [5, 5.41) is 9.30. The van der Waals surface area contributed by atoms with E-state index in [0.29, 0.717) is 0 Å². The minimum Gasteiger partial charge on any atom is -0.223 e. The summed E-state index contributed by atoms with van der Waals surface area (Å²) < 4.78 is 37.9. The second-order valence-corrected chi connectivity index (χ2v) is 7.05. The van der Waals surface area contributed by atoms with Gasteiger partial charge < -0.3 is 0 Å². The van der Waals surface area contributed by atoms with E-state index in [1.54, 1.807) is 0 Å². The number of nitrogens with zero attached hydrogens (tertiary/aromatic N) is 1. The number of rotatable bonds is 3. The van der Waals surface area contributed by atoms with Crippen molar-refractivity contribution in [1.82, 2.24) is 0 Å². The van der Waals surface area contributed by atoms with E-state index >= 15 is 0 Å². The van der Waals surface area contributed by atoms with E-state index < -0.39 is 21.4 Å². The molecule has 2 rings (SSSR count). The maximum atomic E-state index is 13.2. The molecule has 2 aromatic carbocycles. The molecule has 0 bridgehead atoms. The van der Waals surface area contributed by atoms with Gasteiger partial charge in [-0.1, -0.05) is 23.2 Å². The molecular weight excluding hydrogens is 336 g/mol. The lowest BCUT2D eigenvalue weighted by Gasteiger charge is -2.07. The quantitative estimate of drug-likeness (QED) is 0.846. The highest BCUT2D eigenvalue weighted by molar-refractivity contribution is 7.90. The van der Waals surface area contributed by atoms with Gasteiger partial charge in [0.2, 0.25) is 0 Å². The summed E-state index contributed by atoms with van der Waals surface area (Å²) in [4.78, 5) is -0.0370. The predicted octanol–water partition coefficient (Wildman–Crippen LogP) is 3.98. The molecule has 0 aliphatic rings. The summed E-state index contributed by atoms with van der Waals surface area (Å²) >= 11 is 11.5. The van der Waals surface area contributed by atoms with Crippen molar-refractivity contribution in [2.24, 2.45) is 0 Å². The fourth-order valence-corrected chi connectivity index (χ4v) is 3.50. The van der Waals surface area contributed by atoms with E-state index in [0.717, 1.165) is 12.1 Å². The predicted molar refractivity (Wildman–Crippen MR) is 78.5 cm³/mol. The summed E-state index contributed by atoms with van der Waals surface area (Å²) in [6.07, 6.45) is 0. The second kappa shape index (κ2) is 6.02. The largest absolute Gasteiger partial charge is 0.223 e. The van der Waals surface area contributed by atoms with E-state index in [4.69, 9.17) is 28.5 Å². The van der Waals surface area contributed by atoms with Crippen LogP contribution in [0.1, 0.15) is 11.1 Å². The van der Waals surface area contributed by atoms with Gasteiger partial charge in [0.15, 0.2) is 9.84 Å². The third kappa shape index (κ3) is 3.53. The fraction of sp³-hybridized carbons (Fsp3) is 0.0714. The van der Waals surface area contributed by atoms with Gasteiger partial charge in [0.05, 0.1) is 32.3 Å². The van der Waals surface area contributed by atoms with E-state index in [2.05, 4.69) is 0 Å². The van der Waals surface area contributed by atoms with Gasteiger partial charge in [-0.25, -0.2) is 12.8 Å². The Morgan fingerprint density at radius 1 is 1.10 bits per heavy atom. The lowest BCUT2D eigenvalue weighted by molar-refractivity contribution is 0.594. The average molecular weight is 344 g/mol. The number of nitriles is 1. The van der Waals surface area contributed by atoms with Gasteiger partial charge >= 0.3 is 0 Å². The zero-order valence-corrected chi connectivity index (χ0v) is 12.8. The van der Waals surface area contributed by atoms with Crippen molar-refractivity contribution in [2.45, 2.75) is 10.6 Å². The SMILES string of the molecule is N#Cc1ccc(F)cc1CS(=O)(=O)c1ccc(Cl)c(Cl)c1. The molecule has 0 amide bonds. The van der Waals surface area contributed by atoms with Crippen molar-refractivity contribution in [1.29, 1.82) is 5.26 Å². The van der Waals surface area contributed by atoms with Crippen molar-refractivity contribution in [3.05, 3.63) is 63.4 Å². The van der Waals surface area contributed by atoms with Crippen LogP contribution in [0.25, 0.3) is 0 Å². The molecule has 108 valence electrons. The summed E-state index contributed by atoms with van der Waals surface area (Å²) in [6.45, 7) is 0. The molecule has 21 heavy (non-hydrogen) atoms. The average Bonchev–Trinajstić information content (AvgIpc) is 2.41. The van der Waals surface area contributed by atoms with Gasteiger partial charge in [-0.05, 0) is 42.0 Å². The molecule has 2 aromatic rings. The first-order valence-corrected chi connectivity index (χ1v) is 8.10. The molecule has 0 radical (unpaired) electrons. The van der Waals surface area contributed by atoms with Crippen molar-refractivity contribution in [2.75, 3.05) is 0 Å². The first-order valence-electron chi connectivity index (χ1n) is 5.70. The number of halogens is 3. The highest BCUT2D eigenvalue weighted by Crippen LogP contribution is 2.27. The zero-order valence-electron chi connectivity index (χ0n) is 10.5. The zero-order chi connectivity index (χ0) is 15.6. The smallest absolute Gasteiger partial charge is 0.182 e. The summed E-state index contributed by atoms with van der Waals surface area (Å²) in [5.41, 5.74) is 0.212. The highest BCUT2D eigenvalue weighted by atomic mass is 35.5. The Morgan fingerprint density at radius 2 is 1.81 bits per heavy atom. The Morgan fingerprint density at radius 3 is 2.43 bits per heavy atom. The van der Waals surface area contributed by atoms with Gasteiger partial charge in [-0.2, -0.15) is 5.26 Å². The van der Waals surface area contributed by atoms with Crippen LogP contribution >= 0.6 is 23.2 Å². The lowest BCUT2D eigenvalue weighted by Crippen LogP contribution is -2.07. The van der Waals surface area contributed by atoms with Crippen LogP contribution in [0.2, 0.25) is 10.0 Å². The fourth-order valence-electron chi connectivity index (χ4n) is 1.75. The topological polar surface area (TPSA) is 57.9 Å². The number of hydrogen-bond acceptors (Lipinski definition) is 3. The molecule has 0 unspecified atom stereocenters. The van der Waals surface area contributed by atoms with Crippen LogP contribution in [0.3, 0.4) is 0 Å². The maximum Gasteiger partial charge on any atom is 0.182 e. The normalized spacial score (nSPS) is 11.1. The molecule has 0 aromatic heterocycles. The van der Waals surface area contributed by atoms with Gasteiger partial charge in [0, 0.05) is 0 Å². The second-order valence-electron chi connectivity index (χ2n) is 4.25. The molecule has 0 heterocycles. The molecule has 0 N–H and O–H groups in total. The van der Waals surface area contributed by atoms with Crippen LogP contribution in [0.15, 0.2) is 41.3 Å². The third-order valence-corrected chi connectivity index (χ3v) is 5.19. The highest BCUT2D eigenvalue weighted by Gasteiger charge is 2.19. The minimum atomic E-state index is -3.76. The molecule has 0 saturated carbocycles. The molecule has 0 aliphatic heterocycles. The Labute approximate surface area is 131 Å². The van der Waals surface area contributed by atoms with E-state index in [-0.39, 0.29) is 26.1 Å². The number of benzene rings is 2. The Balaban J connectivity index is 2.45. The van der Waals surface area contributed by atoms with Crippen molar-refractivity contribution in [3.8, 4) is 6.07 Å². The van der Waals surface area contributed by atoms with Gasteiger partial charge in [0.25, 0.3) is 0 Å². The monoisotopic (exact) mass is 343 g/mol. The minimum absolute atomic E-state index is 0.0370. The summed E-state index contributed by atoms with van der Waals surface area (Å²) in [7, 11) is -3.76. The van der Waals surface area contributed by atoms with Crippen LogP contribution in [-0.2, 0) is 15.6 Å². The number of hydrogen-bond donors (Lipinski definition) is 0. The Kier molecular flexibility index (Phi) is 4.52. The maximum absolute atomic E-state index is 13.2. The van der Waals surface area contributed by atoms with Crippen LogP contribution in [0, 0.1) is 17.1 Å². The first kappa shape index (κ1) is 15.8. The number of sulfone groups is 1. The third-order valence-electron chi connectivity index (χ3n) is 2.78. The Hall–Kier alpha value is -1.61. The van der Waals surface area contributed by atoms with Gasteiger partial charge in [-0.3, -0.25) is 0 Å². The van der Waals surface area contributed by atoms with Crippen LogP contribution in [-0.4, -0.2) is 8.42 Å².